The van der Waals surface area contributed by atoms with Crippen LogP contribution in [0.1, 0.15) is 5.56 Å². The molecule has 0 aliphatic heterocycles. The summed E-state index contributed by atoms with van der Waals surface area (Å²) < 4.78 is 50.7. The molecular formula is C10H6F4N2. The third-order valence-corrected chi connectivity index (χ3v) is 2.08. The molecule has 0 saturated heterocycles. The maximum absolute atomic E-state index is 12.8. The molecule has 0 radical (unpaired) electrons. The molecule has 84 valence electrons. The van der Waals surface area contributed by atoms with Gasteiger partial charge in [-0.05, 0) is 24.3 Å². The van der Waals surface area contributed by atoms with Gasteiger partial charge in [0.1, 0.15) is 5.82 Å². The summed E-state index contributed by atoms with van der Waals surface area (Å²) in [4.78, 5) is 0. The zero-order valence-electron chi connectivity index (χ0n) is 7.85. The number of rotatable bonds is 1. The smallest absolute Gasteiger partial charge is 0.278 e. The SMILES string of the molecule is Fc1ccc(-c2ccn[nH]2)c(C(F)(F)F)c1. The van der Waals surface area contributed by atoms with E-state index in [4.69, 9.17) is 0 Å². The van der Waals surface area contributed by atoms with Crippen LogP contribution in [0.5, 0.6) is 0 Å². The molecule has 6 heteroatoms. The van der Waals surface area contributed by atoms with Crippen LogP contribution in [0.25, 0.3) is 11.3 Å². The Labute approximate surface area is 87.9 Å². The first-order valence-corrected chi connectivity index (χ1v) is 4.35. The predicted molar refractivity (Wildman–Crippen MR) is 49.0 cm³/mol. The molecule has 0 aliphatic rings. The Bertz CT molecular complexity index is 488. The van der Waals surface area contributed by atoms with E-state index >= 15 is 0 Å². The summed E-state index contributed by atoms with van der Waals surface area (Å²) in [6.07, 6.45) is -3.26. The topological polar surface area (TPSA) is 28.7 Å². The van der Waals surface area contributed by atoms with Crippen LogP contribution in [-0.4, -0.2) is 10.2 Å². The molecule has 0 bridgehead atoms. The fourth-order valence-electron chi connectivity index (χ4n) is 1.39. The standard InChI is InChI=1S/C10H6F4N2/c11-6-1-2-7(9-3-4-15-16-9)8(5-6)10(12,13)14/h1-5H,(H,15,16). The summed E-state index contributed by atoms with van der Waals surface area (Å²) in [5.74, 6) is -0.921. The maximum atomic E-state index is 12.8. The summed E-state index contributed by atoms with van der Waals surface area (Å²) in [6.45, 7) is 0. The summed E-state index contributed by atoms with van der Waals surface area (Å²) >= 11 is 0. The van der Waals surface area contributed by atoms with Crippen molar-refractivity contribution in [3.8, 4) is 11.3 Å². The second-order valence-electron chi connectivity index (χ2n) is 3.16. The zero-order chi connectivity index (χ0) is 11.8. The third kappa shape index (κ3) is 1.91. The van der Waals surface area contributed by atoms with E-state index in [2.05, 4.69) is 10.2 Å². The van der Waals surface area contributed by atoms with Gasteiger partial charge in [0.15, 0.2) is 0 Å². The Hall–Kier alpha value is -1.85. The lowest BCUT2D eigenvalue weighted by Crippen LogP contribution is -2.07. The molecule has 0 saturated carbocycles. The molecule has 0 fully saturated rings. The number of halogens is 4. The van der Waals surface area contributed by atoms with Crippen LogP contribution in [0, 0.1) is 5.82 Å². The summed E-state index contributed by atoms with van der Waals surface area (Å²) in [6, 6.07) is 3.91. The first-order valence-electron chi connectivity index (χ1n) is 4.35. The number of hydrogen-bond donors (Lipinski definition) is 1. The van der Waals surface area contributed by atoms with E-state index in [0.29, 0.717) is 6.07 Å². The highest BCUT2D eigenvalue weighted by Crippen LogP contribution is 2.36. The van der Waals surface area contributed by atoms with Crippen molar-refractivity contribution >= 4 is 0 Å². The van der Waals surface area contributed by atoms with Gasteiger partial charge in [0, 0.05) is 11.8 Å². The van der Waals surface area contributed by atoms with Crippen LogP contribution in [0.4, 0.5) is 17.6 Å². The van der Waals surface area contributed by atoms with Gasteiger partial charge in [0.25, 0.3) is 0 Å². The van der Waals surface area contributed by atoms with Crippen LogP contribution >= 0.6 is 0 Å². The lowest BCUT2D eigenvalue weighted by molar-refractivity contribution is -0.137. The van der Waals surface area contributed by atoms with E-state index in [0.717, 1.165) is 12.1 Å². The lowest BCUT2D eigenvalue weighted by Gasteiger charge is -2.11. The van der Waals surface area contributed by atoms with Crippen molar-refractivity contribution in [2.45, 2.75) is 6.18 Å². The maximum Gasteiger partial charge on any atom is 0.417 e. The van der Waals surface area contributed by atoms with E-state index in [1.54, 1.807) is 0 Å². The molecular weight excluding hydrogens is 224 g/mol. The average Bonchev–Trinajstić information content (AvgIpc) is 2.69. The van der Waals surface area contributed by atoms with Gasteiger partial charge in [-0.2, -0.15) is 18.3 Å². The number of aromatic amines is 1. The largest absolute Gasteiger partial charge is 0.417 e. The van der Waals surface area contributed by atoms with Crippen LogP contribution in [0.2, 0.25) is 0 Å². The number of nitrogens with one attached hydrogen (secondary N) is 1. The molecule has 0 spiro atoms. The molecule has 1 aromatic heterocycles. The summed E-state index contributed by atoms with van der Waals surface area (Å²) in [5, 5.41) is 5.97. The second-order valence-corrected chi connectivity index (χ2v) is 3.16. The molecule has 0 amide bonds. The van der Waals surface area contributed by atoms with Gasteiger partial charge >= 0.3 is 6.18 Å². The van der Waals surface area contributed by atoms with Crippen molar-refractivity contribution < 1.29 is 17.6 Å². The molecule has 2 rings (SSSR count). The van der Waals surface area contributed by atoms with Gasteiger partial charge in [-0.1, -0.05) is 0 Å². The molecule has 1 aromatic carbocycles. The zero-order valence-corrected chi connectivity index (χ0v) is 7.85. The molecule has 0 atom stereocenters. The first-order chi connectivity index (χ1) is 7.48. The van der Waals surface area contributed by atoms with Gasteiger partial charge in [0.05, 0.1) is 11.3 Å². The Balaban J connectivity index is 2.62. The predicted octanol–water partition coefficient (Wildman–Crippen LogP) is 3.23. The van der Waals surface area contributed by atoms with E-state index in [1.165, 1.54) is 12.3 Å². The van der Waals surface area contributed by atoms with Crippen LogP contribution in [-0.2, 0) is 6.18 Å². The molecule has 1 N–H and O–H groups in total. The lowest BCUT2D eigenvalue weighted by atomic mass is 10.0. The number of H-pyrrole nitrogens is 1. The Morgan fingerprint density at radius 3 is 2.44 bits per heavy atom. The minimum absolute atomic E-state index is 0.119. The minimum atomic E-state index is -4.59. The minimum Gasteiger partial charge on any atom is -0.278 e. The number of aromatic nitrogens is 2. The number of benzene rings is 1. The Morgan fingerprint density at radius 1 is 1.12 bits per heavy atom. The molecule has 0 aliphatic carbocycles. The van der Waals surface area contributed by atoms with Crippen molar-refractivity contribution in [2.24, 2.45) is 0 Å². The molecule has 1 heterocycles. The average molecular weight is 230 g/mol. The van der Waals surface area contributed by atoms with E-state index in [-0.39, 0.29) is 11.3 Å². The van der Waals surface area contributed by atoms with Crippen molar-refractivity contribution in [2.75, 3.05) is 0 Å². The fourth-order valence-corrected chi connectivity index (χ4v) is 1.39. The highest BCUT2D eigenvalue weighted by atomic mass is 19.4. The second kappa shape index (κ2) is 3.62. The van der Waals surface area contributed by atoms with Crippen LogP contribution in [0.15, 0.2) is 30.5 Å². The van der Waals surface area contributed by atoms with Gasteiger partial charge in [-0.25, -0.2) is 4.39 Å². The Kier molecular flexibility index (Phi) is 2.41. The molecule has 2 nitrogen and oxygen atoms in total. The monoisotopic (exact) mass is 230 g/mol. The van der Waals surface area contributed by atoms with Crippen molar-refractivity contribution in [1.82, 2.24) is 10.2 Å². The highest BCUT2D eigenvalue weighted by molar-refractivity contribution is 5.64. The van der Waals surface area contributed by atoms with Gasteiger partial charge in [-0.3, -0.25) is 5.10 Å². The quantitative estimate of drug-likeness (QED) is 0.748. The number of hydrogen-bond acceptors (Lipinski definition) is 1. The normalized spacial score (nSPS) is 11.8. The van der Waals surface area contributed by atoms with Gasteiger partial charge in [0.2, 0.25) is 0 Å². The molecule has 2 aromatic rings. The summed E-state index contributed by atoms with van der Waals surface area (Å²) in [5.41, 5.74) is -0.935. The number of alkyl halides is 3. The van der Waals surface area contributed by atoms with E-state index in [9.17, 15) is 17.6 Å². The molecule has 16 heavy (non-hydrogen) atoms. The first kappa shape index (κ1) is 10.7. The van der Waals surface area contributed by atoms with Crippen LogP contribution < -0.4 is 0 Å². The van der Waals surface area contributed by atoms with Gasteiger partial charge in [-0.15, -0.1) is 0 Å². The van der Waals surface area contributed by atoms with Crippen molar-refractivity contribution in [3.63, 3.8) is 0 Å². The van der Waals surface area contributed by atoms with Gasteiger partial charge < -0.3 is 0 Å². The van der Waals surface area contributed by atoms with Crippen molar-refractivity contribution in [1.29, 1.82) is 0 Å². The molecule has 0 unspecified atom stereocenters. The van der Waals surface area contributed by atoms with E-state index < -0.39 is 17.6 Å². The third-order valence-electron chi connectivity index (χ3n) is 2.08. The van der Waals surface area contributed by atoms with Crippen LogP contribution in [0.3, 0.4) is 0 Å². The highest BCUT2D eigenvalue weighted by Gasteiger charge is 2.34. The summed E-state index contributed by atoms with van der Waals surface area (Å²) in [7, 11) is 0. The van der Waals surface area contributed by atoms with E-state index in [1.807, 2.05) is 0 Å². The fraction of sp³-hybridized carbons (Fsp3) is 0.100. The van der Waals surface area contributed by atoms with Crippen molar-refractivity contribution in [3.05, 3.63) is 41.8 Å². The number of nitrogens with zero attached hydrogens (tertiary/aromatic N) is 1. The Morgan fingerprint density at radius 2 is 1.88 bits per heavy atom.